The molecule has 0 bridgehead atoms. The number of rotatable bonds is 5. The molecular weight excluding hydrogens is 288 g/mol. The van der Waals surface area contributed by atoms with Crippen molar-refractivity contribution in [2.24, 2.45) is 22.4 Å². The molecule has 0 aromatic carbocycles. The van der Waals surface area contributed by atoms with Gasteiger partial charge in [-0.15, -0.1) is 5.10 Å². The van der Waals surface area contributed by atoms with Crippen LogP contribution in [-0.2, 0) is 0 Å². The van der Waals surface area contributed by atoms with Gasteiger partial charge in [0.25, 0.3) is 0 Å². The lowest BCUT2D eigenvalue weighted by atomic mass is 10.2. The minimum atomic E-state index is -4.05. The number of nitro groups is 4. The molecule has 1 unspecified atom stereocenters. The molecule has 20 heavy (non-hydrogen) atoms. The van der Waals surface area contributed by atoms with Crippen molar-refractivity contribution in [1.82, 2.24) is 0 Å². The van der Waals surface area contributed by atoms with E-state index in [4.69, 9.17) is 11.5 Å². The lowest BCUT2D eigenvalue weighted by Gasteiger charge is -2.09. The third-order valence-electron chi connectivity index (χ3n) is 1.83. The van der Waals surface area contributed by atoms with E-state index in [9.17, 15) is 40.5 Å². The largest absolute Gasteiger partial charge is 0.766 e. The Morgan fingerprint density at radius 1 is 1.00 bits per heavy atom. The summed E-state index contributed by atoms with van der Waals surface area (Å²) in [6.45, 7) is 0.425. The van der Waals surface area contributed by atoms with Crippen LogP contribution in [0.5, 0.6) is 0 Å². The molecule has 6 N–H and O–H groups in total. The average Bonchev–Trinajstić information content (AvgIpc) is 2.28. The van der Waals surface area contributed by atoms with Crippen molar-refractivity contribution < 1.29 is 19.7 Å². The van der Waals surface area contributed by atoms with Crippen LogP contribution in [0.3, 0.4) is 0 Å². The molecular formula is C4H10N8O8. The van der Waals surface area contributed by atoms with Gasteiger partial charge < -0.3 is 17.3 Å². The van der Waals surface area contributed by atoms with Crippen LogP contribution in [0.15, 0.2) is 5.10 Å². The van der Waals surface area contributed by atoms with Crippen LogP contribution in [0.1, 0.15) is 6.92 Å². The van der Waals surface area contributed by atoms with Gasteiger partial charge in [0.05, 0.1) is 0 Å². The number of nitrogens with two attached hydrogens (primary N) is 3. The Balaban J connectivity index is 0. The van der Waals surface area contributed by atoms with E-state index < -0.39 is 31.5 Å². The first kappa shape index (κ1) is 19.0. The zero-order valence-electron chi connectivity index (χ0n) is 9.81. The predicted octanol–water partition coefficient (Wildman–Crippen LogP) is -2.73. The van der Waals surface area contributed by atoms with Crippen molar-refractivity contribution in [2.75, 3.05) is 0 Å². The summed E-state index contributed by atoms with van der Waals surface area (Å²) in [5.74, 6) is 0.365. The highest BCUT2D eigenvalue weighted by atomic mass is 16.7. The zero-order valence-corrected chi connectivity index (χ0v) is 9.81. The van der Waals surface area contributed by atoms with Gasteiger partial charge in [0.2, 0.25) is 5.96 Å². The van der Waals surface area contributed by atoms with Gasteiger partial charge in [-0.1, -0.05) is 0 Å². The average molecular weight is 298 g/mol. The highest BCUT2D eigenvalue weighted by Gasteiger charge is 2.81. The van der Waals surface area contributed by atoms with E-state index in [-0.39, 0.29) is 5.96 Å². The molecule has 0 amide bonds. The normalized spacial score (nSPS) is 11.2. The Labute approximate surface area is 108 Å². The lowest BCUT2D eigenvalue weighted by Crippen LogP contribution is -2.62. The van der Waals surface area contributed by atoms with Crippen molar-refractivity contribution in [3.05, 3.63) is 40.5 Å². The van der Waals surface area contributed by atoms with E-state index in [0.717, 1.165) is 0 Å². The van der Waals surface area contributed by atoms with Crippen LogP contribution >= 0.6 is 0 Å². The van der Waals surface area contributed by atoms with Crippen molar-refractivity contribution >= 4 is 5.96 Å². The molecule has 0 aliphatic heterocycles. The molecule has 16 heteroatoms. The van der Waals surface area contributed by atoms with E-state index in [1.165, 1.54) is 0 Å². The maximum atomic E-state index is 10.3. The standard InChI is InChI=1S/C3H4N4O8.CH6N4/c1-2(4(8)9)3(5(10)11,6(12)13)7(14)15;2-1(3)5-4/h2H,1H3;4H2,(H4,2,3,5). The van der Waals surface area contributed by atoms with Crippen molar-refractivity contribution in [2.45, 2.75) is 18.8 Å². The van der Waals surface area contributed by atoms with Crippen molar-refractivity contribution in [3.63, 3.8) is 0 Å². The van der Waals surface area contributed by atoms with Gasteiger partial charge in [-0.2, -0.15) is 0 Å². The molecule has 0 aliphatic rings. The van der Waals surface area contributed by atoms with Gasteiger partial charge in [-0.3, -0.25) is 40.5 Å². The van der Waals surface area contributed by atoms with E-state index >= 15 is 0 Å². The first-order valence-corrected chi connectivity index (χ1v) is 4.31. The molecule has 0 radical (unpaired) electrons. The van der Waals surface area contributed by atoms with Crippen LogP contribution in [0.4, 0.5) is 0 Å². The highest BCUT2D eigenvalue weighted by molar-refractivity contribution is 5.75. The molecule has 0 saturated carbocycles. The quantitative estimate of drug-likeness (QED) is 0.117. The summed E-state index contributed by atoms with van der Waals surface area (Å²) in [6.07, 6.45) is 0. The molecule has 0 fully saturated rings. The molecule has 114 valence electrons. The maximum absolute atomic E-state index is 10.3. The van der Waals surface area contributed by atoms with Crippen LogP contribution < -0.4 is 17.3 Å². The van der Waals surface area contributed by atoms with Crippen LogP contribution in [0.2, 0.25) is 0 Å². The molecule has 16 nitrogen and oxygen atoms in total. The number of nitrogens with zero attached hydrogens (tertiary/aromatic N) is 5. The molecule has 0 heterocycles. The Bertz CT molecular complexity index is 406. The summed E-state index contributed by atoms with van der Waals surface area (Å²) in [6, 6.07) is -2.59. The first-order chi connectivity index (χ1) is 8.95. The first-order valence-electron chi connectivity index (χ1n) is 4.31. The molecule has 0 aliphatic carbocycles. The Hall–Kier alpha value is -3.33. The second-order valence-electron chi connectivity index (χ2n) is 2.97. The second-order valence-corrected chi connectivity index (χ2v) is 2.97. The molecule has 0 spiro atoms. The predicted molar refractivity (Wildman–Crippen MR) is 60.2 cm³/mol. The van der Waals surface area contributed by atoms with Crippen LogP contribution in [-0.4, -0.2) is 37.5 Å². The Morgan fingerprint density at radius 3 is 1.30 bits per heavy atom. The smallest absolute Gasteiger partial charge is 0.369 e. The molecule has 0 saturated heterocycles. The number of hydrazone groups is 1. The summed E-state index contributed by atoms with van der Waals surface area (Å²) in [5.41, 5.74) is 9.39. The van der Waals surface area contributed by atoms with E-state index in [0.29, 0.717) is 6.92 Å². The van der Waals surface area contributed by atoms with Crippen LogP contribution in [0, 0.1) is 40.5 Å². The Kier molecular flexibility index (Phi) is 6.83. The molecule has 0 aromatic heterocycles. The summed E-state index contributed by atoms with van der Waals surface area (Å²) >= 11 is 0. The van der Waals surface area contributed by atoms with Crippen molar-refractivity contribution in [1.29, 1.82) is 0 Å². The summed E-state index contributed by atoms with van der Waals surface area (Å²) < 4.78 is 0. The number of hydrogen-bond donors (Lipinski definition) is 3. The summed E-state index contributed by atoms with van der Waals surface area (Å²) in [5, 5.41) is 43.8. The van der Waals surface area contributed by atoms with E-state index in [1.54, 1.807) is 0 Å². The fourth-order valence-corrected chi connectivity index (χ4v) is 0.799. The third-order valence-corrected chi connectivity index (χ3v) is 1.83. The van der Waals surface area contributed by atoms with E-state index in [1.807, 2.05) is 0 Å². The SMILES string of the molecule is CC([N+](=O)[O-])C([N+](=O)[O-])([N+](=O)[O-])[N+](=O)[O-].NN=C(N)N. The molecule has 1 atom stereocenters. The van der Waals surface area contributed by atoms with Gasteiger partial charge in [0.1, 0.15) is 0 Å². The molecule has 0 aromatic rings. The highest BCUT2D eigenvalue weighted by Crippen LogP contribution is 2.19. The molecule has 0 rings (SSSR count). The third kappa shape index (κ3) is 3.85. The van der Waals surface area contributed by atoms with Gasteiger partial charge in [-0.05, 0) is 0 Å². The zero-order chi connectivity index (χ0) is 16.7. The van der Waals surface area contributed by atoms with Gasteiger partial charge in [-0.25, -0.2) is 0 Å². The van der Waals surface area contributed by atoms with E-state index in [2.05, 4.69) is 10.9 Å². The summed E-state index contributed by atoms with van der Waals surface area (Å²) in [7, 11) is 0. The Morgan fingerprint density at radius 2 is 1.25 bits per heavy atom. The topological polar surface area (TPSA) is 263 Å². The van der Waals surface area contributed by atoms with Gasteiger partial charge in [0.15, 0.2) is 14.8 Å². The fraction of sp³-hybridized carbons (Fsp3) is 0.750. The van der Waals surface area contributed by atoms with Gasteiger partial charge in [0, 0.05) is 11.8 Å². The second kappa shape index (κ2) is 7.18. The fourth-order valence-electron chi connectivity index (χ4n) is 0.799. The van der Waals surface area contributed by atoms with Crippen LogP contribution in [0.25, 0.3) is 0 Å². The number of hydrogen-bond acceptors (Lipinski definition) is 10. The van der Waals surface area contributed by atoms with Gasteiger partial charge >= 0.3 is 11.8 Å². The minimum absolute atomic E-state index is 0.0926. The maximum Gasteiger partial charge on any atom is 0.766 e. The monoisotopic (exact) mass is 298 g/mol. The number of guanidine groups is 1. The minimum Gasteiger partial charge on any atom is -0.369 e. The summed E-state index contributed by atoms with van der Waals surface area (Å²) in [4.78, 5) is 33.8. The van der Waals surface area contributed by atoms with Crippen molar-refractivity contribution in [3.8, 4) is 0 Å². The lowest BCUT2D eigenvalue weighted by molar-refractivity contribution is -0.992.